The van der Waals surface area contributed by atoms with Crippen LogP contribution in [0.1, 0.15) is 30.6 Å². The highest BCUT2D eigenvalue weighted by atomic mass is 35.5. The topological polar surface area (TPSA) is 51.2 Å². The molecular weight excluding hydrogens is 260 g/mol. The van der Waals surface area contributed by atoms with Crippen LogP contribution >= 0.6 is 11.6 Å². The fourth-order valence-electron chi connectivity index (χ4n) is 1.30. The van der Waals surface area contributed by atoms with E-state index in [0.29, 0.717) is 17.0 Å². The maximum Gasteiger partial charge on any atom is 0.177 e. The summed E-state index contributed by atoms with van der Waals surface area (Å²) in [7, 11) is -3.35. The van der Waals surface area contributed by atoms with Crippen molar-refractivity contribution in [2.45, 2.75) is 25.5 Å². The highest BCUT2D eigenvalue weighted by Gasteiger charge is 2.23. The molecule has 1 unspecified atom stereocenters. The van der Waals surface area contributed by atoms with E-state index >= 15 is 0 Å². The number of hydrogen-bond donors (Lipinski definition) is 0. The molecule has 0 saturated carbocycles. The van der Waals surface area contributed by atoms with Crippen LogP contribution in [0.5, 0.6) is 0 Å². The molecule has 0 N–H and O–H groups in total. The van der Waals surface area contributed by atoms with Crippen LogP contribution in [-0.2, 0) is 9.84 Å². The molecule has 0 saturated heterocycles. The molecule has 1 aromatic rings. The lowest BCUT2D eigenvalue weighted by atomic mass is 10.1. The lowest BCUT2D eigenvalue weighted by molar-refractivity contribution is 0.102. The second kappa shape index (κ2) is 5.65. The summed E-state index contributed by atoms with van der Waals surface area (Å²) >= 11 is 5.69. The SMILES string of the molecule is CCC(C)S(=O)(=O)CC(=O)c1ccc(Cl)cc1. The van der Waals surface area contributed by atoms with Crippen LogP contribution in [0.25, 0.3) is 0 Å². The van der Waals surface area contributed by atoms with Crippen LogP contribution in [-0.4, -0.2) is 25.2 Å². The summed E-state index contributed by atoms with van der Waals surface area (Å²) in [5.74, 6) is -0.828. The Morgan fingerprint density at radius 2 is 1.82 bits per heavy atom. The van der Waals surface area contributed by atoms with Crippen molar-refractivity contribution in [1.29, 1.82) is 0 Å². The molecule has 94 valence electrons. The zero-order valence-electron chi connectivity index (χ0n) is 9.81. The van der Waals surface area contributed by atoms with Crippen LogP contribution in [0.15, 0.2) is 24.3 Å². The maximum atomic E-state index is 11.8. The van der Waals surface area contributed by atoms with E-state index in [2.05, 4.69) is 0 Å². The van der Waals surface area contributed by atoms with Crippen molar-refractivity contribution in [2.75, 3.05) is 5.75 Å². The van der Waals surface area contributed by atoms with Gasteiger partial charge in [-0.05, 0) is 37.6 Å². The fourth-order valence-corrected chi connectivity index (χ4v) is 2.75. The molecule has 0 spiro atoms. The third-order valence-corrected chi connectivity index (χ3v) is 5.16. The van der Waals surface area contributed by atoms with E-state index < -0.39 is 20.8 Å². The molecule has 5 heteroatoms. The molecule has 0 heterocycles. The fraction of sp³-hybridized carbons (Fsp3) is 0.417. The van der Waals surface area contributed by atoms with Crippen molar-refractivity contribution >= 4 is 27.2 Å². The molecule has 1 rings (SSSR count). The Morgan fingerprint density at radius 3 is 2.29 bits per heavy atom. The maximum absolute atomic E-state index is 11.8. The van der Waals surface area contributed by atoms with Crippen molar-refractivity contribution in [3.63, 3.8) is 0 Å². The van der Waals surface area contributed by atoms with Gasteiger partial charge in [0, 0.05) is 10.6 Å². The normalized spacial score (nSPS) is 13.4. The van der Waals surface area contributed by atoms with E-state index in [0.717, 1.165) is 0 Å². The molecule has 0 aromatic heterocycles. The number of rotatable bonds is 5. The Hall–Kier alpha value is -0.870. The van der Waals surface area contributed by atoms with Crippen molar-refractivity contribution in [1.82, 2.24) is 0 Å². The Balaban J connectivity index is 2.83. The van der Waals surface area contributed by atoms with Gasteiger partial charge in [0.2, 0.25) is 0 Å². The van der Waals surface area contributed by atoms with E-state index in [9.17, 15) is 13.2 Å². The summed E-state index contributed by atoms with van der Waals surface area (Å²) < 4.78 is 23.5. The number of hydrogen-bond acceptors (Lipinski definition) is 3. The van der Waals surface area contributed by atoms with Crippen LogP contribution < -0.4 is 0 Å². The van der Waals surface area contributed by atoms with Gasteiger partial charge in [0.15, 0.2) is 15.6 Å². The summed E-state index contributed by atoms with van der Waals surface area (Å²) in [5.41, 5.74) is 0.376. The predicted molar refractivity (Wildman–Crippen MR) is 69.3 cm³/mol. The molecule has 0 bridgehead atoms. The smallest absolute Gasteiger partial charge is 0.177 e. The summed E-state index contributed by atoms with van der Waals surface area (Å²) in [6.45, 7) is 3.40. The molecule has 0 aliphatic rings. The lowest BCUT2D eigenvalue weighted by Crippen LogP contribution is -2.25. The van der Waals surface area contributed by atoms with Crippen LogP contribution in [0.2, 0.25) is 5.02 Å². The number of Topliss-reactive ketones (excluding diaryl/α,β-unsaturated/α-hetero) is 1. The third kappa shape index (κ3) is 3.82. The number of carbonyl (C=O) groups is 1. The second-order valence-electron chi connectivity index (χ2n) is 3.96. The van der Waals surface area contributed by atoms with Gasteiger partial charge in [0.1, 0.15) is 5.75 Å². The van der Waals surface area contributed by atoms with E-state index in [1.807, 2.05) is 0 Å². The van der Waals surface area contributed by atoms with Gasteiger partial charge < -0.3 is 0 Å². The third-order valence-electron chi connectivity index (χ3n) is 2.69. The highest BCUT2D eigenvalue weighted by Crippen LogP contribution is 2.13. The van der Waals surface area contributed by atoms with Gasteiger partial charge in [-0.2, -0.15) is 0 Å². The molecule has 0 fully saturated rings. The Kier molecular flexibility index (Phi) is 4.71. The zero-order chi connectivity index (χ0) is 13.1. The van der Waals surface area contributed by atoms with Gasteiger partial charge in [-0.3, -0.25) is 4.79 Å². The van der Waals surface area contributed by atoms with E-state index in [4.69, 9.17) is 11.6 Å². The Morgan fingerprint density at radius 1 is 1.29 bits per heavy atom. The van der Waals surface area contributed by atoms with Crippen LogP contribution in [0.4, 0.5) is 0 Å². The molecule has 0 amide bonds. The van der Waals surface area contributed by atoms with Gasteiger partial charge >= 0.3 is 0 Å². The van der Waals surface area contributed by atoms with Gasteiger partial charge in [0.25, 0.3) is 0 Å². The molecule has 1 atom stereocenters. The number of benzene rings is 1. The highest BCUT2D eigenvalue weighted by molar-refractivity contribution is 7.92. The minimum absolute atomic E-state index is 0.376. The van der Waals surface area contributed by atoms with Crippen molar-refractivity contribution in [3.8, 4) is 0 Å². The van der Waals surface area contributed by atoms with E-state index in [-0.39, 0.29) is 5.78 Å². The first-order chi connectivity index (χ1) is 7.86. The largest absolute Gasteiger partial charge is 0.293 e. The van der Waals surface area contributed by atoms with Crippen molar-refractivity contribution in [3.05, 3.63) is 34.9 Å². The van der Waals surface area contributed by atoms with Gasteiger partial charge in [0.05, 0.1) is 5.25 Å². The molecule has 0 aliphatic carbocycles. The number of ketones is 1. The first-order valence-corrected chi connectivity index (χ1v) is 7.46. The summed E-state index contributed by atoms with van der Waals surface area (Å²) in [5, 5.41) is 0.0325. The molecular formula is C12H15ClO3S. The number of carbonyl (C=O) groups excluding carboxylic acids is 1. The molecule has 0 aliphatic heterocycles. The minimum Gasteiger partial charge on any atom is -0.293 e. The molecule has 3 nitrogen and oxygen atoms in total. The van der Waals surface area contributed by atoms with Gasteiger partial charge in [-0.25, -0.2) is 8.42 Å². The van der Waals surface area contributed by atoms with E-state index in [1.165, 1.54) is 12.1 Å². The number of sulfone groups is 1. The average Bonchev–Trinajstić information content (AvgIpc) is 2.28. The Bertz CT molecular complexity index is 491. The van der Waals surface area contributed by atoms with Gasteiger partial charge in [-0.1, -0.05) is 18.5 Å². The van der Waals surface area contributed by atoms with Crippen molar-refractivity contribution in [2.24, 2.45) is 0 Å². The standard InChI is InChI=1S/C12H15ClO3S/c1-3-9(2)17(15,16)8-12(14)10-4-6-11(13)7-5-10/h4-7,9H,3,8H2,1-2H3. The van der Waals surface area contributed by atoms with Crippen LogP contribution in [0.3, 0.4) is 0 Å². The summed E-state index contributed by atoms with van der Waals surface area (Å²) in [6.07, 6.45) is 0.510. The van der Waals surface area contributed by atoms with E-state index in [1.54, 1.807) is 26.0 Å². The summed E-state index contributed by atoms with van der Waals surface area (Å²) in [4.78, 5) is 11.8. The molecule has 0 radical (unpaired) electrons. The second-order valence-corrected chi connectivity index (χ2v) is 6.81. The molecule has 1 aromatic carbocycles. The zero-order valence-corrected chi connectivity index (χ0v) is 11.4. The first kappa shape index (κ1) is 14.2. The lowest BCUT2D eigenvalue weighted by Gasteiger charge is -2.09. The van der Waals surface area contributed by atoms with Crippen molar-refractivity contribution < 1.29 is 13.2 Å². The number of halogens is 1. The average molecular weight is 275 g/mol. The molecule has 17 heavy (non-hydrogen) atoms. The Labute approximate surface area is 107 Å². The monoisotopic (exact) mass is 274 g/mol. The minimum atomic E-state index is -3.35. The van der Waals surface area contributed by atoms with Crippen LogP contribution in [0, 0.1) is 0 Å². The quantitative estimate of drug-likeness (QED) is 0.776. The first-order valence-electron chi connectivity index (χ1n) is 5.37. The van der Waals surface area contributed by atoms with Gasteiger partial charge in [-0.15, -0.1) is 0 Å². The summed E-state index contributed by atoms with van der Waals surface area (Å²) in [6, 6.07) is 6.23. The predicted octanol–water partition coefficient (Wildman–Crippen LogP) is 2.74.